The lowest BCUT2D eigenvalue weighted by Crippen LogP contribution is -2.32. The van der Waals surface area contributed by atoms with Crippen molar-refractivity contribution in [2.45, 2.75) is 69.9 Å². The van der Waals surface area contributed by atoms with Crippen LogP contribution in [0.15, 0.2) is 34.5 Å². The van der Waals surface area contributed by atoms with Crippen LogP contribution in [0.25, 0.3) is 11.4 Å². The fourth-order valence-corrected chi connectivity index (χ4v) is 4.82. The number of carbonyl (C=O) groups is 1. The number of amidine groups is 1. The van der Waals surface area contributed by atoms with Gasteiger partial charge in [0.25, 0.3) is 0 Å². The molecule has 0 saturated heterocycles. The van der Waals surface area contributed by atoms with Crippen molar-refractivity contribution in [2.75, 3.05) is 11.9 Å². The number of pyridine rings is 1. The van der Waals surface area contributed by atoms with Gasteiger partial charge in [-0.2, -0.15) is 0 Å². The van der Waals surface area contributed by atoms with E-state index in [1.54, 1.807) is 12.5 Å². The van der Waals surface area contributed by atoms with Crippen LogP contribution in [0.4, 0.5) is 11.5 Å². The summed E-state index contributed by atoms with van der Waals surface area (Å²) in [6.45, 7) is 6.44. The molecular weight excluding hydrogens is 498 g/mol. The molecule has 3 aromatic heterocycles. The average Bonchev–Trinajstić information content (AvgIpc) is 3.84. The molecule has 0 unspecified atom stereocenters. The van der Waals surface area contributed by atoms with Crippen LogP contribution in [-0.4, -0.2) is 50.1 Å². The number of nitrogens with two attached hydrogens (primary N) is 1. The standard InChI is InChI=1S/C27H33N9OS/c1-15-23(25(19-7-8-19)32-14-31-15)26-33-16(2)24(27(35-26)36(4)17(3)18-5-6-18)34-22(13-37)30-11-20-9-10-21(38-28)12-29-20/h9-10,12-14,17-19H,5-8,11,28H2,1-4H3,(H,30,34)/t17-/m0/s1. The quantitative estimate of drug-likeness (QED) is 0.171. The largest absolute Gasteiger partial charge is 0.362 e. The highest BCUT2D eigenvalue weighted by Crippen LogP contribution is 2.44. The Balaban J connectivity index is 1.53. The molecule has 3 N–H and O–H groups in total. The number of carbonyl (C=O) groups excluding carboxylic acids is 1. The Morgan fingerprint density at radius 2 is 1.97 bits per heavy atom. The van der Waals surface area contributed by atoms with E-state index in [1.807, 2.05) is 33.0 Å². The van der Waals surface area contributed by atoms with E-state index in [1.165, 1.54) is 12.8 Å². The number of anilines is 1. The zero-order valence-electron chi connectivity index (χ0n) is 22.2. The summed E-state index contributed by atoms with van der Waals surface area (Å²) in [5.41, 5.74) is 4.81. The first-order chi connectivity index (χ1) is 18.4. The monoisotopic (exact) mass is 531 g/mol. The maximum absolute atomic E-state index is 12.0. The fraction of sp³-hybridized carbons (Fsp3) is 0.444. The van der Waals surface area contributed by atoms with Crippen molar-refractivity contribution in [3.8, 4) is 11.4 Å². The summed E-state index contributed by atoms with van der Waals surface area (Å²) in [5.74, 6) is 2.53. The van der Waals surface area contributed by atoms with E-state index in [-0.39, 0.29) is 11.9 Å². The molecule has 1 atom stereocenters. The number of hydrogen-bond donors (Lipinski definition) is 2. The molecule has 11 heteroatoms. The highest BCUT2D eigenvalue weighted by atomic mass is 32.2. The average molecular weight is 532 g/mol. The Labute approximate surface area is 227 Å². The minimum Gasteiger partial charge on any atom is -0.362 e. The summed E-state index contributed by atoms with van der Waals surface area (Å²) in [4.78, 5) is 43.1. The molecule has 5 rings (SSSR count). The van der Waals surface area contributed by atoms with Crippen LogP contribution >= 0.6 is 11.9 Å². The number of hydrogen-bond acceptors (Lipinski definition) is 10. The molecule has 0 aliphatic heterocycles. The maximum atomic E-state index is 12.0. The molecule has 10 nitrogen and oxygen atoms in total. The summed E-state index contributed by atoms with van der Waals surface area (Å²) >= 11 is 1.14. The van der Waals surface area contributed by atoms with Gasteiger partial charge in [0.2, 0.25) is 0 Å². The highest BCUT2D eigenvalue weighted by molar-refractivity contribution is 7.97. The van der Waals surface area contributed by atoms with Crippen molar-refractivity contribution in [1.82, 2.24) is 30.2 Å². The summed E-state index contributed by atoms with van der Waals surface area (Å²) in [7, 11) is 2.04. The van der Waals surface area contributed by atoms with Crippen molar-refractivity contribution in [3.63, 3.8) is 0 Å². The van der Waals surface area contributed by atoms with E-state index in [2.05, 4.69) is 32.1 Å². The van der Waals surface area contributed by atoms with Crippen LogP contribution in [-0.2, 0) is 11.3 Å². The lowest BCUT2D eigenvalue weighted by atomic mass is 10.1. The maximum Gasteiger partial charge on any atom is 0.185 e. The fourth-order valence-electron chi connectivity index (χ4n) is 4.56. The van der Waals surface area contributed by atoms with Gasteiger partial charge in [-0.25, -0.2) is 24.9 Å². The van der Waals surface area contributed by atoms with E-state index in [0.29, 0.717) is 47.7 Å². The van der Waals surface area contributed by atoms with Crippen molar-refractivity contribution in [3.05, 3.63) is 47.4 Å². The van der Waals surface area contributed by atoms with Gasteiger partial charge in [-0.3, -0.25) is 14.9 Å². The zero-order chi connectivity index (χ0) is 26.8. The van der Waals surface area contributed by atoms with Crippen LogP contribution in [0.3, 0.4) is 0 Å². The van der Waals surface area contributed by atoms with E-state index >= 15 is 0 Å². The molecule has 2 aliphatic carbocycles. The Kier molecular flexibility index (Phi) is 7.66. The third-order valence-corrected chi connectivity index (χ3v) is 7.78. The SMILES string of the molecule is Cc1nc(-c2c(C)ncnc2C2CC2)nc(N(C)[C@@H](C)C2CC2)c1/N=C(\C=O)NCc1ccc(SN)cn1. The smallest absolute Gasteiger partial charge is 0.185 e. The first-order valence-electron chi connectivity index (χ1n) is 12.9. The molecular formula is C27H33N9OS. The van der Waals surface area contributed by atoms with Crippen LogP contribution < -0.4 is 15.4 Å². The zero-order valence-corrected chi connectivity index (χ0v) is 23.0. The van der Waals surface area contributed by atoms with Gasteiger partial charge >= 0.3 is 0 Å². The van der Waals surface area contributed by atoms with Gasteiger partial charge in [0.15, 0.2) is 23.8 Å². The first kappa shape index (κ1) is 26.2. The van der Waals surface area contributed by atoms with Gasteiger partial charge in [0, 0.05) is 30.1 Å². The topological polar surface area (TPSA) is 135 Å². The van der Waals surface area contributed by atoms with E-state index < -0.39 is 0 Å². The number of nitrogens with zero attached hydrogens (tertiary/aromatic N) is 7. The molecule has 38 heavy (non-hydrogen) atoms. The normalized spacial score (nSPS) is 16.3. The molecule has 0 amide bonds. The number of aliphatic imine (C=N–C) groups is 1. The summed E-state index contributed by atoms with van der Waals surface area (Å²) in [5, 5.41) is 8.69. The first-order valence-corrected chi connectivity index (χ1v) is 13.8. The highest BCUT2D eigenvalue weighted by Gasteiger charge is 2.34. The Morgan fingerprint density at radius 1 is 1.18 bits per heavy atom. The van der Waals surface area contributed by atoms with Gasteiger partial charge in [-0.1, -0.05) is 0 Å². The van der Waals surface area contributed by atoms with Gasteiger partial charge in [0.1, 0.15) is 12.0 Å². The van der Waals surface area contributed by atoms with E-state index in [0.717, 1.165) is 52.3 Å². The molecule has 0 aromatic carbocycles. The Bertz CT molecular complexity index is 1350. The Hall–Kier alpha value is -3.44. The van der Waals surface area contributed by atoms with E-state index in [4.69, 9.17) is 20.1 Å². The van der Waals surface area contributed by atoms with Crippen molar-refractivity contribution < 1.29 is 4.79 Å². The predicted octanol–water partition coefficient (Wildman–Crippen LogP) is 4.04. The van der Waals surface area contributed by atoms with Crippen LogP contribution in [0.1, 0.15) is 61.3 Å². The summed E-state index contributed by atoms with van der Waals surface area (Å²) in [6, 6.07) is 4.03. The van der Waals surface area contributed by atoms with Crippen molar-refractivity contribution in [1.29, 1.82) is 0 Å². The molecule has 0 radical (unpaired) electrons. The lowest BCUT2D eigenvalue weighted by Gasteiger charge is -2.28. The molecule has 0 spiro atoms. The third-order valence-electron chi connectivity index (χ3n) is 7.27. The molecule has 3 heterocycles. The number of aldehydes is 1. The minimum atomic E-state index is 0.190. The molecule has 2 aliphatic rings. The van der Waals surface area contributed by atoms with Crippen LogP contribution in [0, 0.1) is 19.8 Å². The summed E-state index contributed by atoms with van der Waals surface area (Å²) < 4.78 is 0. The second kappa shape index (κ2) is 11.1. The lowest BCUT2D eigenvalue weighted by molar-refractivity contribution is -0.102. The molecule has 3 aromatic rings. The van der Waals surface area contributed by atoms with Gasteiger partial charge < -0.3 is 10.2 Å². The van der Waals surface area contributed by atoms with Gasteiger partial charge in [0.05, 0.1) is 34.9 Å². The summed E-state index contributed by atoms with van der Waals surface area (Å²) in [6.07, 6.45) is 8.68. The van der Waals surface area contributed by atoms with Gasteiger partial charge in [-0.15, -0.1) is 0 Å². The Morgan fingerprint density at radius 3 is 2.61 bits per heavy atom. The van der Waals surface area contributed by atoms with Crippen LogP contribution in [0.2, 0.25) is 0 Å². The molecule has 198 valence electrons. The predicted molar refractivity (Wildman–Crippen MR) is 149 cm³/mol. The molecule has 0 bridgehead atoms. The molecule has 2 saturated carbocycles. The minimum absolute atomic E-state index is 0.190. The second-order valence-corrected chi connectivity index (χ2v) is 10.8. The van der Waals surface area contributed by atoms with E-state index in [9.17, 15) is 4.79 Å². The number of nitrogens with one attached hydrogen (secondary N) is 1. The third kappa shape index (κ3) is 5.68. The number of aromatic nitrogens is 5. The van der Waals surface area contributed by atoms with Crippen molar-refractivity contribution >= 4 is 35.6 Å². The van der Waals surface area contributed by atoms with Crippen LogP contribution in [0.5, 0.6) is 0 Å². The number of aryl methyl sites for hydroxylation is 2. The van der Waals surface area contributed by atoms with Crippen molar-refractivity contribution in [2.24, 2.45) is 16.0 Å². The second-order valence-electron chi connectivity index (χ2n) is 10.1. The molecule has 2 fully saturated rings. The number of rotatable bonds is 10. The van der Waals surface area contributed by atoms with Gasteiger partial charge in [-0.05, 0) is 76.5 Å².